The Labute approximate surface area is 222 Å². The summed E-state index contributed by atoms with van der Waals surface area (Å²) in [6.45, 7) is 1.60. The van der Waals surface area contributed by atoms with Gasteiger partial charge >= 0.3 is 0 Å². The second kappa shape index (κ2) is 10.1. The Hall–Kier alpha value is -3.65. The van der Waals surface area contributed by atoms with Gasteiger partial charge in [-0.1, -0.05) is 59.6 Å². The number of fused-ring (bicyclic) bond motifs is 2. The van der Waals surface area contributed by atoms with E-state index in [1.165, 1.54) is 0 Å². The average Bonchev–Trinajstić information content (AvgIpc) is 3.28. The molecule has 9 heteroatoms. The molecule has 6 nitrogen and oxygen atoms in total. The zero-order valence-electron chi connectivity index (χ0n) is 18.9. The summed E-state index contributed by atoms with van der Waals surface area (Å²) in [4.78, 5) is 17.2. The van der Waals surface area contributed by atoms with E-state index >= 15 is 0 Å². The molecule has 1 aromatic heterocycles. The molecule has 0 radical (unpaired) electrons. The lowest BCUT2D eigenvalue weighted by atomic mass is 10.0. The van der Waals surface area contributed by atoms with Crippen LogP contribution in [0.15, 0.2) is 83.3 Å². The van der Waals surface area contributed by atoms with Crippen molar-refractivity contribution in [2.24, 2.45) is 0 Å². The number of nitrogens with zero attached hydrogens (tertiary/aromatic N) is 1. The molecule has 0 spiro atoms. The van der Waals surface area contributed by atoms with Gasteiger partial charge in [-0.3, -0.25) is 10.1 Å². The number of rotatable bonds is 5. The molecule has 0 aliphatic carbocycles. The second-order valence-electron chi connectivity index (χ2n) is 8.01. The van der Waals surface area contributed by atoms with Crippen molar-refractivity contribution in [3.63, 3.8) is 0 Å². The van der Waals surface area contributed by atoms with Gasteiger partial charge in [0.05, 0.1) is 5.02 Å². The van der Waals surface area contributed by atoms with Gasteiger partial charge in [-0.25, -0.2) is 4.98 Å². The van der Waals surface area contributed by atoms with Gasteiger partial charge in [0, 0.05) is 16.3 Å². The maximum Gasteiger partial charge on any atom is 0.266 e. The van der Waals surface area contributed by atoms with Crippen LogP contribution < -0.4 is 15.4 Å². The molecule has 180 valence electrons. The topological polar surface area (TPSA) is 76.4 Å². The van der Waals surface area contributed by atoms with Crippen molar-refractivity contribution in [3.8, 4) is 17.2 Å². The lowest BCUT2D eigenvalue weighted by Gasteiger charge is -2.16. The van der Waals surface area contributed by atoms with Crippen molar-refractivity contribution in [2.75, 3.05) is 5.32 Å². The first-order valence-corrected chi connectivity index (χ1v) is 12.2. The predicted molar refractivity (Wildman–Crippen MR) is 148 cm³/mol. The number of oxazole rings is 1. The molecule has 4 aromatic carbocycles. The summed E-state index contributed by atoms with van der Waals surface area (Å²) in [5, 5.41) is 8.70. The zero-order valence-corrected chi connectivity index (χ0v) is 21.2. The Morgan fingerprint density at radius 3 is 2.67 bits per heavy atom. The summed E-state index contributed by atoms with van der Waals surface area (Å²) in [5.74, 6) is 0.446. The van der Waals surface area contributed by atoms with Gasteiger partial charge in [0.15, 0.2) is 16.8 Å². The zero-order chi connectivity index (χ0) is 25.2. The SMILES string of the molecule is CC(Oc1ccc(Cl)cc1Cl)C(=O)NC(=S)Nc1ccc2oc(-c3cccc4ccccc34)nc2c1. The van der Waals surface area contributed by atoms with Crippen LogP contribution in [0.25, 0.3) is 33.3 Å². The van der Waals surface area contributed by atoms with Crippen LogP contribution in [0.2, 0.25) is 10.0 Å². The number of ether oxygens (including phenoxy) is 1. The molecule has 0 saturated carbocycles. The fourth-order valence-electron chi connectivity index (χ4n) is 3.72. The third-order valence-corrected chi connectivity index (χ3v) is 6.20. The molecule has 0 aliphatic heterocycles. The second-order valence-corrected chi connectivity index (χ2v) is 9.26. The van der Waals surface area contributed by atoms with Crippen LogP contribution in [0.5, 0.6) is 5.75 Å². The summed E-state index contributed by atoms with van der Waals surface area (Å²) in [6, 6.07) is 24.3. The molecule has 1 atom stereocenters. The Kier molecular flexibility index (Phi) is 6.78. The number of aromatic nitrogens is 1. The average molecular weight is 536 g/mol. The highest BCUT2D eigenvalue weighted by molar-refractivity contribution is 7.80. The van der Waals surface area contributed by atoms with E-state index in [1.807, 2.05) is 30.3 Å². The highest BCUT2D eigenvalue weighted by atomic mass is 35.5. The molecule has 0 bridgehead atoms. The molecule has 1 amide bonds. The Balaban J connectivity index is 1.27. The minimum Gasteiger partial charge on any atom is -0.479 e. The Morgan fingerprint density at radius 2 is 1.83 bits per heavy atom. The molecule has 36 heavy (non-hydrogen) atoms. The third kappa shape index (κ3) is 5.14. The number of amides is 1. The van der Waals surface area contributed by atoms with Gasteiger partial charge in [0.25, 0.3) is 5.91 Å². The summed E-state index contributed by atoms with van der Waals surface area (Å²) in [7, 11) is 0. The van der Waals surface area contributed by atoms with E-state index in [9.17, 15) is 4.79 Å². The molecule has 1 unspecified atom stereocenters. The van der Waals surface area contributed by atoms with Crippen molar-refractivity contribution in [2.45, 2.75) is 13.0 Å². The normalized spacial score (nSPS) is 11.9. The first kappa shape index (κ1) is 24.1. The van der Waals surface area contributed by atoms with E-state index in [2.05, 4.69) is 27.8 Å². The van der Waals surface area contributed by atoms with Gasteiger partial charge in [0.2, 0.25) is 5.89 Å². The van der Waals surface area contributed by atoms with Crippen molar-refractivity contribution in [1.29, 1.82) is 0 Å². The van der Waals surface area contributed by atoms with E-state index in [0.29, 0.717) is 38.5 Å². The van der Waals surface area contributed by atoms with Gasteiger partial charge in [-0.2, -0.15) is 0 Å². The van der Waals surface area contributed by atoms with E-state index in [0.717, 1.165) is 16.3 Å². The minimum absolute atomic E-state index is 0.120. The molecular formula is C27H19Cl2N3O3S. The lowest BCUT2D eigenvalue weighted by molar-refractivity contribution is -0.125. The molecule has 0 aliphatic rings. The van der Waals surface area contributed by atoms with Crippen LogP contribution in [0.1, 0.15) is 6.92 Å². The largest absolute Gasteiger partial charge is 0.479 e. The number of carbonyl (C=O) groups excluding carboxylic acids is 1. The maximum absolute atomic E-state index is 12.5. The first-order chi connectivity index (χ1) is 17.4. The minimum atomic E-state index is -0.843. The van der Waals surface area contributed by atoms with Crippen LogP contribution in [0, 0.1) is 0 Å². The molecule has 1 heterocycles. The summed E-state index contributed by atoms with van der Waals surface area (Å²) < 4.78 is 11.6. The lowest BCUT2D eigenvalue weighted by Crippen LogP contribution is -2.42. The quantitative estimate of drug-likeness (QED) is 0.231. The van der Waals surface area contributed by atoms with Crippen molar-refractivity contribution >= 4 is 74.0 Å². The number of halogens is 2. The van der Waals surface area contributed by atoms with Crippen LogP contribution in [0.4, 0.5) is 5.69 Å². The third-order valence-electron chi connectivity index (χ3n) is 5.47. The first-order valence-electron chi connectivity index (χ1n) is 11.0. The van der Waals surface area contributed by atoms with Crippen LogP contribution >= 0.6 is 35.4 Å². The number of anilines is 1. The fourth-order valence-corrected chi connectivity index (χ4v) is 4.39. The Morgan fingerprint density at radius 1 is 1.03 bits per heavy atom. The predicted octanol–water partition coefficient (Wildman–Crippen LogP) is 7.24. The Bertz CT molecular complexity index is 1610. The molecule has 2 N–H and O–H groups in total. The highest BCUT2D eigenvalue weighted by Gasteiger charge is 2.18. The smallest absolute Gasteiger partial charge is 0.266 e. The maximum atomic E-state index is 12.5. The van der Waals surface area contributed by atoms with Crippen molar-refractivity contribution < 1.29 is 13.9 Å². The summed E-state index contributed by atoms with van der Waals surface area (Å²) in [5.41, 5.74) is 2.86. The van der Waals surface area contributed by atoms with Crippen molar-refractivity contribution in [3.05, 3.63) is 88.9 Å². The number of carbonyl (C=O) groups is 1. The van der Waals surface area contributed by atoms with Gasteiger partial charge < -0.3 is 14.5 Å². The monoisotopic (exact) mass is 535 g/mol. The number of nitrogens with one attached hydrogen (secondary N) is 2. The van der Waals surface area contributed by atoms with Gasteiger partial charge in [-0.05, 0) is 72.4 Å². The standard InChI is InChI=1S/C27H19Cl2N3O3S/c1-15(34-23-11-9-17(28)13-21(23)29)25(33)32-27(36)30-18-10-12-24-22(14-18)31-26(35-24)20-8-4-6-16-5-2-3-7-19(16)20/h2-15H,1H3,(H2,30,32,33,36). The molecule has 5 rings (SSSR count). The van der Waals surface area contributed by atoms with Crippen LogP contribution in [0.3, 0.4) is 0 Å². The van der Waals surface area contributed by atoms with Crippen LogP contribution in [-0.4, -0.2) is 22.1 Å². The molecule has 5 aromatic rings. The number of thiocarbonyl (C=S) groups is 1. The number of hydrogen-bond donors (Lipinski definition) is 2. The summed E-state index contributed by atoms with van der Waals surface area (Å²) >= 11 is 17.3. The molecule has 0 saturated heterocycles. The van der Waals surface area contributed by atoms with Gasteiger partial charge in [-0.15, -0.1) is 0 Å². The van der Waals surface area contributed by atoms with Gasteiger partial charge in [0.1, 0.15) is 11.3 Å². The van der Waals surface area contributed by atoms with Crippen molar-refractivity contribution in [1.82, 2.24) is 10.3 Å². The fraction of sp³-hybridized carbons (Fsp3) is 0.0741. The van der Waals surface area contributed by atoms with E-state index in [-0.39, 0.29) is 5.11 Å². The van der Waals surface area contributed by atoms with E-state index < -0.39 is 12.0 Å². The number of hydrogen-bond acceptors (Lipinski definition) is 5. The van der Waals surface area contributed by atoms with Crippen LogP contribution in [-0.2, 0) is 4.79 Å². The van der Waals surface area contributed by atoms with E-state index in [1.54, 1.807) is 43.3 Å². The highest BCUT2D eigenvalue weighted by Crippen LogP contribution is 2.31. The molecule has 0 fully saturated rings. The number of benzene rings is 4. The molecular weight excluding hydrogens is 517 g/mol. The van der Waals surface area contributed by atoms with E-state index in [4.69, 9.17) is 44.6 Å². The summed E-state index contributed by atoms with van der Waals surface area (Å²) in [6.07, 6.45) is -0.843.